The summed E-state index contributed by atoms with van der Waals surface area (Å²) in [6, 6.07) is 13.3. The highest BCUT2D eigenvalue weighted by molar-refractivity contribution is 5.56. The molecular formula is C16H16N2O2. The predicted molar refractivity (Wildman–Crippen MR) is 76.9 cm³/mol. The number of ether oxygens (including phenoxy) is 1. The van der Waals surface area contributed by atoms with Gasteiger partial charge in [0.2, 0.25) is 0 Å². The molecule has 0 aliphatic carbocycles. The molecule has 0 fully saturated rings. The third-order valence-electron chi connectivity index (χ3n) is 3.26. The highest BCUT2D eigenvalue weighted by Crippen LogP contribution is 2.26. The van der Waals surface area contributed by atoms with Gasteiger partial charge in [0.1, 0.15) is 11.9 Å². The summed E-state index contributed by atoms with van der Waals surface area (Å²) in [6.07, 6.45) is 2.88. The molecule has 102 valence electrons. The number of rotatable bonds is 4. The van der Waals surface area contributed by atoms with Gasteiger partial charge in [0.15, 0.2) is 0 Å². The van der Waals surface area contributed by atoms with Crippen LogP contribution in [0.1, 0.15) is 24.2 Å². The number of aliphatic hydroxyl groups excluding tert-OH is 1. The molecular weight excluding hydrogens is 252 g/mol. The lowest BCUT2D eigenvalue weighted by molar-refractivity contribution is 0.221. The standard InChI is InChI=1S/C16H16N2O2/c1-2-20-13-8-6-12(7-9-13)16(19)14-11-17-18-10-4-3-5-15(14)18/h3-11,16,19H,2H2,1H3. The monoisotopic (exact) mass is 268 g/mol. The predicted octanol–water partition coefficient (Wildman–Crippen LogP) is 2.81. The van der Waals surface area contributed by atoms with Gasteiger partial charge < -0.3 is 9.84 Å². The van der Waals surface area contributed by atoms with Crippen LogP contribution < -0.4 is 4.74 Å². The maximum atomic E-state index is 10.5. The second-order valence-electron chi connectivity index (χ2n) is 4.53. The van der Waals surface area contributed by atoms with Gasteiger partial charge in [-0.15, -0.1) is 0 Å². The van der Waals surface area contributed by atoms with Gasteiger partial charge in [-0.1, -0.05) is 18.2 Å². The lowest BCUT2D eigenvalue weighted by atomic mass is 10.0. The fourth-order valence-corrected chi connectivity index (χ4v) is 2.26. The van der Waals surface area contributed by atoms with E-state index in [9.17, 15) is 5.11 Å². The van der Waals surface area contributed by atoms with Crippen LogP contribution in [0.2, 0.25) is 0 Å². The summed E-state index contributed by atoms with van der Waals surface area (Å²) in [5.41, 5.74) is 2.54. The van der Waals surface area contributed by atoms with E-state index in [4.69, 9.17) is 4.74 Å². The average Bonchev–Trinajstić information content (AvgIpc) is 2.92. The van der Waals surface area contributed by atoms with Crippen LogP contribution in [0.5, 0.6) is 5.75 Å². The molecule has 4 nitrogen and oxygen atoms in total. The Bertz CT molecular complexity index is 704. The van der Waals surface area contributed by atoms with Crippen molar-refractivity contribution < 1.29 is 9.84 Å². The molecule has 3 aromatic rings. The van der Waals surface area contributed by atoms with Crippen molar-refractivity contribution in [1.29, 1.82) is 0 Å². The Morgan fingerprint density at radius 3 is 2.75 bits per heavy atom. The Kier molecular flexibility index (Phi) is 3.39. The summed E-state index contributed by atoms with van der Waals surface area (Å²) >= 11 is 0. The summed E-state index contributed by atoms with van der Waals surface area (Å²) in [4.78, 5) is 0. The Balaban J connectivity index is 1.93. The van der Waals surface area contributed by atoms with E-state index in [0.29, 0.717) is 6.61 Å². The number of aromatic nitrogens is 2. The molecule has 2 aromatic heterocycles. The van der Waals surface area contributed by atoms with Gasteiger partial charge in [-0.3, -0.25) is 0 Å². The molecule has 0 aliphatic rings. The van der Waals surface area contributed by atoms with Crippen LogP contribution in [0.4, 0.5) is 0 Å². The molecule has 0 radical (unpaired) electrons. The molecule has 0 bridgehead atoms. The number of benzene rings is 1. The van der Waals surface area contributed by atoms with Crippen LogP contribution in [0, 0.1) is 0 Å². The maximum absolute atomic E-state index is 10.5. The minimum Gasteiger partial charge on any atom is -0.494 e. The molecule has 0 saturated carbocycles. The zero-order chi connectivity index (χ0) is 13.9. The van der Waals surface area contributed by atoms with Crippen molar-refractivity contribution >= 4 is 5.52 Å². The molecule has 1 unspecified atom stereocenters. The average molecular weight is 268 g/mol. The third kappa shape index (κ3) is 2.26. The van der Waals surface area contributed by atoms with E-state index in [1.165, 1.54) is 0 Å². The van der Waals surface area contributed by atoms with E-state index >= 15 is 0 Å². The lowest BCUT2D eigenvalue weighted by Crippen LogP contribution is -1.99. The largest absolute Gasteiger partial charge is 0.494 e. The summed E-state index contributed by atoms with van der Waals surface area (Å²) < 4.78 is 7.16. The van der Waals surface area contributed by atoms with Crippen LogP contribution in [-0.4, -0.2) is 21.3 Å². The number of fused-ring (bicyclic) bond motifs is 1. The van der Waals surface area contributed by atoms with Crippen LogP contribution in [0.15, 0.2) is 54.9 Å². The maximum Gasteiger partial charge on any atom is 0.119 e. The van der Waals surface area contributed by atoms with Crippen LogP contribution in [0.25, 0.3) is 5.52 Å². The second-order valence-corrected chi connectivity index (χ2v) is 4.53. The Morgan fingerprint density at radius 1 is 1.20 bits per heavy atom. The van der Waals surface area contributed by atoms with Crippen molar-refractivity contribution in [3.8, 4) is 5.75 Å². The van der Waals surface area contributed by atoms with Gasteiger partial charge in [-0.25, -0.2) is 4.52 Å². The first-order valence-corrected chi connectivity index (χ1v) is 6.62. The van der Waals surface area contributed by atoms with Crippen molar-refractivity contribution in [2.45, 2.75) is 13.0 Å². The van der Waals surface area contributed by atoms with E-state index in [-0.39, 0.29) is 0 Å². The van der Waals surface area contributed by atoms with E-state index < -0.39 is 6.10 Å². The second kappa shape index (κ2) is 5.35. The Morgan fingerprint density at radius 2 is 2.00 bits per heavy atom. The molecule has 0 aliphatic heterocycles. The zero-order valence-electron chi connectivity index (χ0n) is 11.2. The molecule has 0 amide bonds. The van der Waals surface area contributed by atoms with Crippen molar-refractivity contribution in [3.05, 3.63) is 66.0 Å². The van der Waals surface area contributed by atoms with Gasteiger partial charge >= 0.3 is 0 Å². The van der Waals surface area contributed by atoms with Gasteiger partial charge in [-0.05, 0) is 36.8 Å². The first kappa shape index (κ1) is 12.7. The minimum absolute atomic E-state index is 0.635. The van der Waals surface area contributed by atoms with Gasteiger partial charge in [0, 0.05) is 11.8 Å². The zero-order valence-corrected chi connectivity index (χ0v) is 11.2. The molecule has 4 heteroatoms. The molecule has 0 spiro atoms. The van der Waals surface area contributed by atoms with Crippen LogP contribution >= 0.6 is 0 Å². The smallest absolute Gasteiger partial charge is 0.119 e. The molecule has 1 N–H and O–H groups in total. The quantitative estimate of drug-likeness (QED) is 0.791. The third-order valence-corrected chi connectivity index (χ3v) is 3.26. The van der Waals surface area contributed by atoms with Gasteiger partial charge in [0.25, 0.3) is 0 Å². The molecule has 3 rings (SSSR count). The number of aliphatic hydroxyl groups is 1. The molecule has 1 atom stereocenters. The van der Waals surface area contributed by atoms with Gasteiger partial charge in [0.05, 0.1) is 18.3 Å². The SMILES string of the molecule is CCOc1ccc(C(O)c2cnn3ccccc23)cc1. The number of hydrogen-bond donors (Lipinski definition) is 1. The first-order valence-electron chi connectivity index (χ1n) is 6.62. The molecule has 20 heavy (non-hydrogen) atoms. The van der Waals surface area contributed by atoms with Crippen LogP contribution in [-0.2, 0) is 0 Å². The van der Waals surface area contributed by atoms with E-state index in [1.54, 1.807) is 10.7 Å². The summed E-state index contributed by atoms with van der Waals surface area (Å²) in [6.45, 7) is 2.58. The molecule has 1 aromatic carbocycles. The fourth-order valence-electron chi connectivity index (χ4n) is 2.26. The van der Waals surface area contributed by atoms with Crippen molar-refractivity contribution in [3.63, 3.8) is 0 Å². The highest BCUT2D eigenvalue weighted by atomic mass is 16.5. The number of pyridine rings is 1. The summed E-state index contributed by atoms with van der Waals surface area (Å²) in [5, 5.41) is 14.7. The highest BCUT2D eigenvalue weighted by Gasteiger charge is 2.15. The van der Waals surface area contributed by atoms with Gasteiger partial charge in [-0.2, -0.15) is 5.10 Å². The molecule has 0 saturated heterocycles. The molecule has 2 heterocycles. The fraction of sp³-hybridized carbons (Fsp3) is 0.188. The topological polar surface area (TPSA) is 46.8 Å². The van der Waals surface area contributed by atoms with Crippen molar-refractivity contribution in [2.24, 2.45) is 0 Å². The van der Waals surface area contributed by atoms with Crippen molar-refractivity contribution in [1.82, 2.24) is 9.61 Å². The minimum atomic E-state index is -0.689. The first-order chi connectivity index (χ1) is 9.79. The van der Waals surface area contributed by atoms with E-state index in [2.05, 4.69) is 5.10 Å². The Labute approximate surface area is 117 Å². The number of nitrogens with zero attached hydrogens (tertiary/aromatic N) is 2. The van der Waals surface area contributed by atoms with Crippen molar-refractivity contribution in [2.75, 3.05) is 6.61 Å². The lowest BCUT2D eigenvalue weighted by Gasteiger charge is -2.11. The van der Waals surface area contributed by atoms with E-state index in [0.717, 1.165) is 22.4 Å². The summed E-state index contributed by atoms with van der Waals surface area (Å²) in [5.74, 6) is 0.809. The van der Waals surface area contributed by atoms with Crippen LogP contribution in [0.3, 0.4) is 0 Å². The summed E-state index contributed by atoms with van der Waals surface area (Å²) in [7, 11) is 0. The van der Waals surface area contributed by atoms with E-state index in [1.807, 2.05) is 55.6 Å². The number of hydrogen-bond acceptors (Lipinski definition) is 3. The normalized spacial score (nSPS) is 12.5. The Hall–Kier alpha value is -2.33.